The predicted molar refractivity (Wildman–Crippen MR) is 67.9 cm³/mol. The number of aromatic nitrogens is 3. The molecule has 1 aliphatic heterocycles. The van der Waals surface area contributed by atoms with Crippen molar-refractivity contribution in [3.63, 3.8) is 0 Å². The number of ether oxygens (including phenoxy) is 1. The summed E-state index contributed by atoms with van der Waals surface area (Å²) in [5.41, 5.74) is -4.74. The average molecular weight is 297 g/mol. The summed E-state index contributed by atoms with van der Waals surface area (Å²) in [6, 6.07) is 0. The van der Waals surface area contributed by atoms with Gasteiger partial charge in [-0.1, -0.05) is 12.0 Å². The van der Waals surface area contributed by atoms with Gasteiger partial charge in [0.25, 0.3) is 0 Å². The molecule has 1 fully saturated rings. The van der Waals surface area contributed by atoms with Crippen molar-refractivity contribution in [2.75, 3.05) is 0 Å². The number of nitrogens with zero attached hydrogens (tertiary/aromatic N) is 2. The van der Waals surface area contributed by atoms with Crippen molar-refractivity contribution in [1.29, 1.82) is 0 Å². The molecule has 0 aliphatic carbocycles. The van der Waals surface area contributed by atoms with Gasteiger partial charge in [0.05, 0.1) is 0 Å². The smallest absolute Gasteiger partial charge is 0.350 e. The van der Waals surface area contributed by atoms with Crippen LogP contribution in [-0.4, -0.2) is 48.7 Å². The SMILES string of the molecule is C#CC1(F)C(O)[C@@H]([C@H](O)C=C)O[C@H]1n1cnc(=O)[nH]c1=O. The lowest BCUT2D eigenvalue weighted by molar-refractivity contribution is -0.0729. The van der Waals surface area contributed by atoms with Gasteiger partial charge in [-0.3, -0.25) is 9.55 Å². The lowest BCUT2D eigenvalue weighted by Gasteiger charge is -2.23. The number of aromatic amines is 1. The highest BCUT2D eigenvalue weighted by Crippen LogP contribution is 2.41. The minimum atomic E-state index is -2.79. The summed E-state index contributed by atoms with van der Waals surface area (Å²) >= 11 is 0. The first-order valence-corrected chi connectivity index (χ1v) is 5.83. The van der Waals surface area contributed by atoms with Crippen LogP contribution in [0.3, 0.4) is 0 Å². The number of rotatable bonds is 3. The zero-order valence-corrected chi connectivity index (χ0v) is 10.6. The first kappa shape index (κ1) is 15.1. The Hall–Kier alpha value is -2.28. The van der Waals surface area contributed by atoms with Crippen LogP contribution in [0.5, 0.6) is 0 Å². The second kappa shape index (κ2) is 5.25. The first-order chi connectivity index (χ1) is 9.85. The number of terminal acetylenes is 1. The maximum absolute atomic E-state index is 14.8. The quantitative estimate of drug-likeness (QED) is 0.442. The first-order valence-electron chi connectivity index (χ1n) is 5.83. The van der Waals surface area contributed by atoms with E-state index in [0.29, 0.717) is 4.57 Å². The van der Waals surface area contributed by atoms with E-state index in [1.807, 2.05) is 4.98 Å². The number of nitrogens with one attached hydrogen (secondary N) is 1. The summed E-state index contributed by atoms with van der Waals surface area (Å²) in [4.78, 5) is 27.7. The molecule has 21 heavy (non-hydrogen) atoms. The lowest BCUT2D eigenvalue weighted by atomic mass is 9.94. The summed E-state index contributed by atoms with van der Waals surface area (Å²) < 4.78 is 20.5. The average Bonchev–Trinajstić information content (AvgIpc) is 2.72. The number of alkyl halides is 1. The molecule has 1 saturated heterocycles. The molecule has 0 spiro atoms. The third kappa shape index (κ3) is 2.29. The second-order valence-corrected chi connectivity index (χ2v) is 4.42. The number of hydrogen-bond acceptors (Lipinski definition) is 6. The van der Waals surface area contributed by atoms with Crippen LogP contribution in [0.4, 0.5) is 4.39 Å². The van der Waals surface area contributed by atoms with Gasteiger partial charge in [0.15, 0.2) is 6.23 Å². The Labute approximate surface area is 117 Å². The van der Waals surface area contributed by atoms with Gasteiger partial charge in [-0.25, -0.2) is 14.0 Å². The Morgan fingerprint density at radius 1 is 1.71 bits per heavy atom. The molecule has 1 aromatic heterocycles. The Morgan fingerprint density at radius 3 is 2.90 bits per heavy atom. The van der Waals surface area contributed by atoms with Gasteiger partial charge in [0.2, 0.25) is 5.67 Å². The molecular weight excluding hydrogens is 285 g/mol. The highest BCUT2D eigenvalue weighted by molar-refractivity contribution is 5.21. The standard InChI is InChI=1S/C12H12FN3O5/c1-3-6(17)7-8(18)12(13,4-2)9(21-7)16-5-14-10(19)15-11(16)20/h2-3,5-9,17-18H,1H2,(H,15,19,20)/t6-,7-,8?,9-,12?/m1/s1. The number of H-pyrrole nitrogens is 1. The van der Waals surface area contributed by atoms with Crippen molar-refractivity contribution in [2.45, 2.75) is 30.2 Å². The Balaban J connectivity index is 2.52. The van der Waals surface area contributed by atoms with E-state index in [4.69, 9.17) is 11.2 Å². The van der Waals surface area contributed by atoms with E-state index in [-0.39, 0.29) is 0 Å². The van der Waals surface area contributed by atoms with Gasteiger partial charge in [-0.15, -0.1) is 13.0 Å². The highest BCUT2D eigenvalue weighted by Gasteiger charge is 2.59. The third-order valence-electron chi connectivity index (χ3n) is 3.19. The summed E-state index contributed by atoms with van der Waals surface area (Å²) in [5.74, 6) is 1.72. The number of aliphatic hydroxyl groups is 2. The molecule has 2 heterocycles. The van der Waals surface area contributed by atoms with E-state index in [0.717, 1.165) is 12.4 Å². The van der Waals surface area contributed by atoms with Crippen molar-refractivity contribution in [2.24, 2.45) is 0 Å². The van der Waals surface area contributed by atoms with E-state index in [2.05, 4.69) is 11.6 Å². The third-order valence-corrected chi connectivity index (χ3v) is 3.19. The van der Waals surface area contributed by atoms with Crippen molar-refractivity contribution in [3.05, 3.63) is 40.0 Å². The van der Waals surface area contributed by atoms with Crippen LogP contribution in [0.25, 0.3) is 0 Å². The van der Waals surface area contributed by atoms with E-state index in [9.17, 15) is 24.2 Å². The fourth-order valence-corrected chi connectivity index (χ4v) is 2.06. The fraction of sp³-hybridized carbons (Fsp3) is 0.417. The van der Waals surface area contributed by atoms with Crippen LogP contribution < -0.4 is 11.4 Å². The molecule has 0 bridgehead atoms. The molecule has 0 aromatic carbocycles. The number of aliphatic hydroxyl groups excluding tert-OH is 2. The topological polar surface area (TPSA) is 117 Å². The molecule has 0 saturated carbocycles. The molecule has 9 heteroatoms. The van der Waals surface area contributed by atoms with Gasteiger partial charge >= 0.3 is 11.4 Å². The largest absolute Gasteiger partial charge is 0.386 e. The summed E-state index contributed by atoms with van der Waals surface area (Å²) in [5, 5.41) is 19.6. The van der Waals surface area contributed by atoms with Crippen LogP contribution >= 0.6 is 0 Å². The minimum absolute atomic E-state index is 0.598. The Kier molecular flexibility index (Phi) is 3.78. The molecule has 8 nitrogen and oxygen atoms in total. The zero-order chi connectivity index (χ0) is 15.8. The maximum atomic E-state index is 14.8. The van der Waals surface area contributed by atoms with Crippen LogP contribution in [0.2, 0.25) is 0 Å². The van der Waals surface area contributed by atoms with E-state index in [1.165, 1.54) is 0 Å². The van der Waals surface area contributed by atoms with Crippen molar-refractivity contribution in [1.82, 2.24) is 14.5 Å². The Bertz CT molecular complexity index is 708. The molecular formula is C12H12FN3O5. The number of halogens is 1. The van der Waals surface area contributed by atoms with Crippen molar-refractivity contribution < 1.29 is 19.3 Å². The van der Waals surface area contributed by atoms with Gasteiger partial charge in [-0.2, -0.15) is 4.98 Å². The van der Waals surface area contributed by atoms with Crippen LogP contribution in [0, 0.1) is 12.3 Å². The summed E-state index contributed by atoms with van der Waals surface area (Å²) in [6.45, 7) is 3.30. The summed E-state index contributed by atoms with van der Waals surface area (Å²) in [6.07, 6.45) is 0.376. The molecule has 3 N–H and O–H groups in total. The highest BCUT2D eigenvalue weighted by atomic mass is 19.1. The van der Waals surface area contributed by atoms with Gasteiger partial charge in [-0.05, 0) is 0 Å². The molecule has 0 amide bonds. The lowest BCUT2D eigenvalue weighted by Crippen LogP contribution is -2.46. The van der Waals surface area contributed by atoms with Crippen LogP contribution in [-0.2, 0) is 4.74 Å². The van der Waals surface area contributed by atoms with E-state index < -0.39 is 41.6 Å². The monoisotopic (exact) mass is 297 g/mol. The van der Waals surface area contributed by atoms with Crippen LogP contribution in [0.15, 0.2) is 28.6 Å². The van der Waals surface area contributed by atoms with Gasteiger partial charge in [0.1, 0.15) is 24.6 Å². The Morgan fingerprint density at radius 2 is 2.38 bits per heavy atom. The van der Waals surface area contributed by atoms with Gasteiger partial charge < -0.3 is 14.9 Å². The van der Waals surface area contributed by atoms with E-state index >= 15 is 0 Å². The molecule has 5 atom stereocenters. The van der Waals surface area contributed by atoms with Crippen molar-refractivity contribution >= 4 is 0 Å². The maximum Gasteiger partial charge on any atom is 0.350 e. The second-order valence-electron chi connectivity index (χ2n) is 4.42. The predicted octanol–water partition coefficient (Wildman–Crippen LogP) is -1.92. The van der Waals surface area contributed by atoms with Crippen molar-refractivity contribution in [3.8, 4) is 12.3 Å². The molecule has 2 rings (SSSR count). The molecule has 1 aromatic rings. The van der Waals surface area contributed by atoms with Crippen LogP contribution in [0.1, 0.15) is 6.23 Å². The summed E-state index contributed by atoms with van der Waals surface area (Å²) in [7, 11) is 0. The molecule has 2 unspecified atom stereocenters. The molecule has 112 valence electrons. The molecule has 1 aliphatic rings. The number of hydrogen-bond donors (Lipinski definition) is 3. The van der Waals surface area contributed by atoms with Gasteiger partial charge in [0, 0.05) is 0 Å². The normalized spacial score (nSPS) is 33.3. The zero-order valence-electron chi connectivity index (χ0n) is 10.6. The minimum Gasteiger partial charge on any atom is -0.386 e. The molecule has 0 radical (unpaired) electrons. The van der Waals surface area contributed by atoms with E-state index in [1.54, 1.807) is 5.92 Å². The fourth-order valence-electron chi connectivity index (χ4n) is 2.06.